The molecule has 4 heteroatoms. The van der Waals surface area contributed by atoms with Gasteiger partial charge in [-0.15, -0.1) is 11.6 Å². The fraction of sp³-hybridized carbons (Fsp3) is 0.917. The standard InChI is InChI=1S/C12H23ClN2O/c1-10(2)15-8-5-11(6-9-15)14-12(16)4-3-7-13/h10-11H,3-9H2,1-2H3,(H,14,16). The van der Waals surface area contributed by atoms with Crippen LogP contribution in [0.1, 0.15) is 39.5 Å². The van der Waals surface area contributed by atoms with Gasteiger partial charge in [-0.2, -0.15) is 0 Å². The van der Waals surface area contributed by atoms with Gasteiger partial charge < -0.3 is 10.2 Å². The van der Waals surface area contributed by atoms with E-state index in [1.165, 1.54) is 0 Å². The van der Waals surface area contributed by atoms with E-state index in [2.05, 4.69) is 24.1 Å². The van der Waals surface area contributed by atoms with Crippen LogP contribution >= 0.6 is 11.6 Å². The predicted molar refractivity (Wildman–Crippen MR) is 67.8 cm³/mol. The van der Waals surface area contributed by atoms with Crippen LogP contribution in [0, 0.1) is 0 Å². The molecule has 0 saturated carbocycles. The Kier molecular flexibility index (Phi) is 6.14. The van der Waals surface area contributed by atoms with Crippen LogP contribution in [0.4, 0.5) is 0 Å². The number of carbonyl (C=O) groups excluding carboxylic acids is 1. The van der Waals surface area contributed by atoms with Gasteiger partial charge in [0.2, 0.25) is 5.91 Å². The normalized spacial score (nSPS) is 19.0. The highest BCUT2D eigenvalue weighted by molar-refractivity contribution is 6.17. The number of hydrogen-bond donors (Lipinski definition) is 1. The highest BCUT2D eigenvalue weighted by Crippen LogP contribution is 2.13. The monoisotopic (exact) mass is 246 g/mol. The average Bonchev–Trinajstić information content (AvgIpc) is 2.27. The lowest BCUT2D eigenvalue weighted by Crippen LogP contribution is -2.46. The van der Waals surface area contributed by atoms with Gasteiger partial charge in [0.1, 0.15) is 0 Å². The largest absolute Gasteiger partial charge is 0.353 e. The van der Waals surface area contributed by atoms with Crippen molar-refractivity contribution in [3.8, 4) is 0 Å². The number of piperidine rings is 1. The molecular weight excluding hydrogens is 224 g/mol. The number of rotatable bonds is 5. The molecule has 1 aliphatic heterocycles. The molecule has 0 unspecified atom stereocenters. The van der Waals surface area contributed by atoms with E-state index in [9.17, 15) is 4.79 Å². The molecule has 1 aliphatic rings. The van der Waals surface area contributed by atoms with Gasteiger partial charge in [0.15, 0.2) is 0 Å². The first-order valence-corrected chi connectivity index (χ1v) is 6.76. The van der Waals surface area contributed by atoms with Crippen molar-refractivity contribution in [2.75, 3.05) is 19.0 Å². The summed E-state index contributed by atoms with van der Waals surface area (Å²) in [4.78, 5) is 14.0. The number of halogens is 1. The third kappa shape index (κ3) is 4.71. The van der Waals surface area contributed by atoms with E-state index >= 15 is 0 Å². The van der Waals surface area contributed by atoms with Crippen LogP contribution in [-0.4, -0.2) is 41.9 Å². The Morgan fingerprint density at radius 1 is 1.44 bits per heavy atom. The van der Waals surface area contributed by atoms with Crippen LogP contribution in [-0.2, 0) is 4.79 Å². The van der Waals surface area contributed by atoms with Gasteiger partial charge in [0, 0.05) is 37.5 Å². The molecule has 0 spiro atoms. The van der Waals surface area contributed by atoms with Crippen molar-refractivity contribution in [3.63, 3.8) is 0 Å². The SMILES string of the molecule is CC(C)N1CCC(NC(=O)CCCCl)CC1. The summed E-state index contributed by atoms with van der Waals surface area (Å²) in [5.74, 6) is 0.725. The Bertz CT molecular complexity index is 213. The molecule has 94 valence electrons. The summed E-state index contributed by atoms with van der Waals surface area (Å²) < 4.78 is 0. The molecule has 0 aliphatic carbocycles. The summed E-state index contributed by atoms with van der Waals surface area (Å²) in [6.07, 6.45) is 3.49. The molecule has 0 aromatic carbocycles. The summed E-state index contributed by atoms with van der Waals surface area (Å²) in [5.41, 5.74) is 0. The third-order valence-corrected chi connectivity index (χ3v) is 3.43. The maximum atomic E-state index is 11.5. The summed E-state index contributed by atoms with van der Waals surface area (Å²) in [7, 11) is 0. The first-order valence-electron chi connectivity index (χ1n) is 6.23. The van der Waals surface area contributed by atoms with Crippen LogP contribution < -0.4 is 5.32 Å². The molecule has 1 heterocycles. The minimum atomic E-state index is 0.156. The Hall–Kier alpha value is -0.280. The molecule has 1 rings (SSSR count). The maximum Gasteiger partial charge on any atom is 0.220 e. The van der Waals surface area contributed by atoms with Crippen molar-refractivity contribution < 1.29 is 4.79 Å². The lowest BCUT2D eigenvalue weighted by Gasteiger charge is -2.34. The van der Waals surface area contributed by atoms with Crippen LogP contribution in [0.3, 0.4) is 0 Å². The first kappa shape index (κ1) is 13.8. The van der Waals surface area contributed by atoms with Gasteiger partial charge >= 0.3 is 0 Å². The molecule has 1 fully saturated rings. The number of alkyl halides is 1. The van der Waals surface area contributed by atoms with E-state index in [4.69, 9.17) is 11.6 Å². The molecule has 1 saturated heterocycles. The Morgan fingerprint density at radius 3 is 2.56 bits per heavy atom. The van der Waals surface area contributed by atoms with Crippen molar-refractivity contribution >= 4 is 17.5 Å². The Balaban J connectivity index is 2.19. The zero-order chi connectivity index (χ0) is 12.0. The third-order valence-electron chi connectivity index (χ3n) is 3.16. The molecule has 0 aromatic rings. The number of nitrogens with one attached hydrogen (secondary N) is 1. The predicted octanol–water partition coefficient (Wildman–Crippen LogP) is 1.99. The summed E-state index contributed by atoms with van der Waals surface area (Å²) in [5, 5.41) is 3.09. The van der Waals surface area contributed by atoms with Crippen molar-refractivity contribution in [1.82, 2.24) is 10.2 Å². The van der Waals surface area contributed by atoms with Gasteiger partial charge in [-0.1, -0.05) is 0 Å². The number of nitrogens with zero attached hydrogens (tertiary/aromatic N) is 1. The van der Waals surface area contributed by atoms with Crippen molar-refractivity contribution in [1.29, 1.82) is 0 Å². The lowest BCUT2D eigenvalue weighted by atomic mass is 10.0. The van der Waals surface area contributed by atoms with Gasteiger partial charge in [-0.3, -0.25) is 4.79 Å². The molecule has 0 bridgehead atoms. The van der Waals surface area contributed by atoms with Gasteiger partial charge in [0.25, 0.3) is 0 Å². The van der Waals surface area contributed by atoms with Crippen LogP contribution in [0.5, 0.6) is 0 Å². The zero-order valence-electron chi connectivity index (χ0n) is 10.3. The van der Waals surface area contributed by atoms with E-state index < -0.39 is 0 Å². The number of likely N-dealkylation sites (tertiary alicyclic amines) is 1. The van der Waals surface area contributed by atoms with Crippen LogP contribution in [0.15, 0.2) is 0 Å². The quantitative estimate of drug-likeness (QED) is 0.753. The van der Waals surface area contributed by atoms with Crippen LogP contribution in [0.25, 0.3) is 0 Å². The molecule has 1 amide bonds. The van der Waals surface area contributed by atoms with Crippen molar-refractivity contribution in [3.05, 3.63) is 0 Å². The number of amides is 1. The number of hydrogen-bond acceptors (Lipinski definition) is 2. The average molecular weight is 247 g/mol. The number of carbonyl (C=O) groups is 1. The topological polar surface area (TPSA) is 32.3 Å². The summed E-state index contributed by atoms with van der Waals surface area (Å²) >= 11 is 5.56. The molecular formula is C12H23ClN2O. The lowest BCUT2D eigenvalue weighted by molar-refractivity contribution is -0.122. The van der Waals surface area contributed by atoms with Crippen molar-refractivity contribution in [2.24, 2.45) is 0 Å². The second-order valence-electron chi connectivity index (χ2n) is 4.76. The molecule has 3 nitrogen and oxygen atoms in total. The molecule has 16 heavy (non-hydrogen) atoms. The highest BCUT2D eigenvalue weighted by atomic mass is 35.5. The smallest absolute Gasteiger partial charge is 0.220 e. The second-order valence-corrected chi connectivity index (χ2v) is 5.14. The Morgan fingerprint density at radius 2 is 2.06 bits per heavy atom. The summed E-state index contributed by atoms with van der Waals surface area (Å²) in [6.45, 7) is 6.63. The van der Waals surface area contributed by atoms with E-state index in [1.807, 2.05) is 0 Å². The van der Waals surface area contributed by atoms with E-state index in [1.54, 1.807) is 0 Å². The highest BCUT2D eigenvalue weighted by Gasteiger charge is 2.21. The van der Waals surface area contributed by atoms with E-state index in [-0.39, 0.29) is 5.91 Å². The fourth-order valence-corrected chi connectivity index (χ4v) is 2.22. The Labute approximate surface area is 104 Å². The minimum Gasteiger partial charge on any atom is -0.353 e. The zero-order valence-corrected chi connectivity index (χ0v) is 11.1. The van der Waals surface area contributed by atoms with Gasteiger partial charge in [0.05, 0.1) is 0 Å². The van der Waals surface area contributed by atoms with Crippen molar-refractivity contribution in [2.45, 2.75) is 51.6 Å². The second kappa shape index (κ2) is 7.13. The van der Waals surface area contributed by atoms with E-state index in [0.717, 1.165) is 32.4 Å². The molecule has 1 N–H and O–H groups in total. The van der Waals surface area contributed by atoms with Gasteiger partial charge in [-0.05, 0) is 33.1 Å². The molecule has 0 radical (unpaired) electrons. The maximum absolute atomic E-state index is 11.5. The molecule has 0 atom stereocenters. The van der Waals surface area contributed by atoms with Gasteiger partial charge in [-0.25, -0.2) is 0 Å². The summed E-state index contributed by atoms with van der Waals surface area (Å²) in [6, 6.07) is 0.991. The first-order chi connectivity index (χ1) is 7.63. The van der Waals surface area contributed by atoms with E-state index in [0.29, 0.717) is 24.4 Å². The molecule has 0 aromatic heterocycles. The van der Waals surface area contributed by atoms with Crippen LogP contribution in [0.2, 0.25) is 0 Å². The minimum absolute atomic E-state index is 0.156. The fourth-order valence-electron chi connectivity index (χ4n) is 2.09.